The van der Waals surface area contributed by atoms with E-state index in [4.69, 9.17) is 0 Å². The Hall–Kier alpha value is -4.05. The highest BCUT2D eigenvalue weighted by Gasteiger charge is 2.18. The van der Waals surface area contributed by atoms with Crippen LogP contribution in [0.4, 0.5) is 11.4 Å². The molecule has 1 amide bonds. The van der Waals surface area contributed by atoms with E-state index in [0.29, 0.717) is 22.2 Å². The van der Waals surface area contributed by atoms with Gasteiger partial charge in [-0.1, -0.05) is 30.0 Å². The summed E-state index contributed by atoms with van der Waals surface area (Å²) in [5.74, 6) is 0.491. The highest BCUT2D eigenvalue weighted by atomic mass is 32.2. The van der Waals surface area contributed by atoms with Gasteiger partial charge in [-0.15, -0.1) is 10.2 Å². The van der Waals surface area contributed by atoms with Crippen molar-refractivity contribution in [2.45, 2.75) is 12.1 Å². The molecule has 10 heteroatoms. The maximum atomic E-state index is 12.5. The van der Waals surface area contributed by atoms with Crippen LogP contribution in [0.3, 0.4) is 0 Å². The van der Waals surface area contributed by atoms with E-state index in [-0.39, 0.29) is 17.3 Å². The van der Waals surface area contributed by atoms with E-state index in [2.05, 4.69) is 20.5 Å². The highest BCUT2D eigenvalue weighted by Crippen LogP contribution is 2.28. The van der Waals surface area contributed by atoms with Gasteiger partial charge in [0.25, 0.3) is 5.69 Å². The number of anilines is 1. The van der Waals surface area contributed by atoms with E-state index >= 15 is 0 Å². The molecule has 1 N–H and O–H groups in total. The van der Waals surface area contributed by atoms with Crippen LogP contribution in [0.2, 0.25) is 0 Å². The molecule has 4 aromatic rings. The number of thioether (sulfide) groups is 1. The molecule has 2 aromatic heterocycles. The van der Waals surface area contributed by atoms with Gasteiger partial charge in [-0.25, -0.2) is 0 Å². The standard InChI is InChI=1S/C22H18N6O3S/c1-15-13-18(28(30)31)7-8-19(15)24-20(29)14-32-22-26-25-21(16-9-11-23-12-10-16)27(22)17-5-3-2-4-6-17/h2-13H,14H2,1H3,(H,24,29). The summed E-state index contributed by atoms with van der Waals surface area (Å²) >= 11 is 1.25. The number of carbonyl (C=O) groups excluding carboxylic acids is 1. The Balaban J connectivity index is 1.54. The molecule has 2 aromatic carbocycles. The Morgan fingerprint density at radius 2 is 1.84 bits per heavy atom. The largest absolute Gasteiger partial charge is 0.325 e. The molecule has 9 nitrogen and oxygen atoms in total. The number of nitro groups is 1. The van der Waals surface area contributed by atoms with Gasteiger partial charge in [0.05, 0.1) is 10.7 Å². The summed E-state index contributed by atoms with van der Waals surface area (Å²) < 4.78 is 1.89. The Labute approximate surface area is 187 Å². The second-order valence-corrected chi connectivity index (χ2v) is 7.75. The van der Waals surface area contributed by atoms with Crippen molar-refractivity contribution < 1.29 is 9.72 Å². The molecule has 0 aliphatic rings. The van der Waals surface area contributed by atoms with Crippen molar-refractivity contribution in [1.29, 1.82) is 0 Å². The number of aryl methyl sites for hydroxylation is 1. The van der Waals surface area contributed by atoms with Crippen molar-refractivity contribution in [3.05, 3.63) is 88.7 Å². The van der Waals surface area contributed by atoms with Gasteiger partial charge in [-0.3, -0.25) is 24.5 Å². The topological polar surface area (TPSA) is 116 Å². The quantitative estimate of drug-likeness (QED) is 0.256. The minimum atomic E-state index is -0.467. The number of non-ortho nitro benzene ring substituents is 1. The first-order chi connectivity index (χ1) is 15.5. The van der Waals surface area contributed by atoms with E-state index < -0.39 is 4.92 Å². The number of hydrogen-bond acceptors (Lipinski definition) is 7. The molecule has 4 rings (SSSR count). The zero-order valence-electron chi connectivity index (χ0n) is 17.0. The zero-order chi connectivity index (χ0) is 22.5. The second kappa shape index (κ2) is 9.40. The molecule has 0 fully saturated rings. The lowest BCUT2D eigenvalue weighted by molar-refractivity contribution is -0.384. The van der Waals surface area contributed by atoms with Crippen LogP contribution < -0.4 is 5.32 Å². The minimum Gasteiger partial charge on any atom is -0.325 e. The molecule has 2 heterocycles. The average molecular weight is 446 g/mol. The fraction of sp³-hybridized carbons (Fsp3) is 0.0909. The van der Waals surface area contributed by atoms with Crippen molar-refractivity contribution in [1.82, 2.24) is 19.7 Å². The van der Waals surface area contributed by atoms with Gasteiger partial charge in [0.2, 0.25) is 5.91 Å². The molecule has 0 saturated heterocycles. The molecule has 0 aliphatic heterocycles. The molecule has 0 atom stereocenters. The van der Waals surface area contributed by atoms with E-state index in [1.54, 1.807) is 19.3 Å². The lowest BCUT2D eigenvalue weighted by atomic mass is 10.2. The van der Waals surface area contributed by atoms with Crippen LogP contribution >= 0.6 is 11.8 Å². The summed E-state index contributed by atoms with van der Waals surface area (Å²) in [5.41, 5.74) is 2.86. The number of carbonyl (C=O) groups is 1. The Bertz CT molecular complexity index is 1260. The van der Waals surface area contributed by atoms with E-state index in [1.165, 1.54) is 30.0 Å². The summed E-state index contributed by atoms with van der Waals surface area (Å²) in [5, 5.41) is 22.9. The lowest BCUT2D eigenvalue weighted by Crippen LogP contribution is -2.15. The van der Waals surface area contributed by atoms with Crippen LogP contribution in [0, 0.1) is 17.0 Å². The molecule has 0 radical (unpaired) electrons. The maximum Gasteiger partial charge on any atom is 0.269 e. The second-order valence-electron chi connectivity index (χ2n) is 6.81. The van der Waals surface area contributed by atoms with Crippen molar-refractivity contribution in [2.24, 2.45) is 0 Å². The third-order valence-electron chi connectivity index (χ3n) is 4.61. The fourth-order valence-electron chi connectivity index (χ4n) is 3.08. The number of amides is 1. The predicted octanol–water partition coefficient (Wildman–Crippen LogP) is 4.28. The lowest BCUT2D eigenvalue weighted by Gasteiger charge is -2.11. The van der Waals surface area contributed by atoms with Gasteiger partial charge in [0.1, 0.15) is 0 Å². The number of nitrogens with one attached hydrogen (secondary N) is 1. The van der Waals surface area contributed by atoms with Crippen LogP contribution in [0.5, 0.6) is 0 Å². The number of nitrogens with zero attached hydrogens (tertiary/aromatic N) is 5. The molecule has 160 valence electrons. The number of rotatable bonds is 7. The van der Waals surface area contributed by atoms with Gasteiger partial charge in [-0.05, 0) is 42.8 Å². The summed E-state index contributed by atoms with van der Waals surface area (Å²) in [6.07, 6.45) is 3.37. The third kappa shape index (κ3) is 4.65. The average Bonchev–Trinajstić information content (AvgIpc) is 3.24. The van der Waals surface area contributed by atoms with Gasteiger partial charge in [-0.2, -0.15) is 0 Å². The first-order valence-corrected chi connectivity index (χ1v) is 10.6. The highest BCUT2D eigenvalue weighted by molar-refractivity contribution is 7.99. The number of hydrogen-bond donors (Lipinski definition) is 1. The van der Waals surface area contributed by atoms with Gasteiger partial charge < -0.3 is 5.32 Å². The van der Waals surface area contributed by atoms with E-state index in [0.717, 1.165) is 11.3 Å². The Morgan fingerprint density at radius 1 is 1.09 bits per heavy atom. The minimum absolute atomic E-state index is 0.0190. The van der Waals surface area contributed by atoms with Crippen LogP contribution in [0.1, 0.15) is 5.56 Å². The van der Waals surface area contributed by atoms with Crippen LogP contribution in [-0.4, -0.2) is 36.3 Å². The summed E-state index contributed by atoms with van der Waals surface area (Å²) in [6.45, 7) is 1.71. The number of nitro benzene ring substituents is 1. The van der Waals surface area contributed by atoms with Crippen molar-refractivity contribution in [3.63, 3.8) is 0 Å². The molecule has 0 aliphatic carbocycles. The monoisotopic (exact) mass is 446 g/mol. The Kier molecular flexibility index (Phi) is 6.22. The smallest absolute Gasteiger partial charge is 0.269 e. The van der Waals surface area contributed by atoms with Gasteiger partial charge in [0.15, 0.2) is 11.0 Å². The normalized spacial score (nSPS) is 10.7. The molecule has 0 spiro atoms. The molecular formula is C22H18N6O3S. The van der Waals surface area contributed by atoms with E-state index in [1.807, 2.05) is 47.0 Å². The number of para-hydroxylation sites is 1. The van der Waals surface area contributed by atoms with Gasteiger partial charge >= 0.3 is 0 Å². The number of benzene rings is 2. The number of pyridine rings is 1. The molecule has 0 bridgehead atoms. The molecule has 0 unspecified atom stereocenters. The van der Waals surface area contributed by atoms with Crippen LogP contribution in [0.15, 0.2) is 78.2 Å². The van der Waals surface area contributed by atoms with Crippen molar-refractivity contribution in [3.8, 4) is 17.1 Å². The van der Waals surface area contributed by atoms with Crippen LogP contribution in [0.25, 0.3) is 17.1 Å². The first-order valence-electron chi connectivity index (χ1n) is 9.62. The van der Waals surface area contributed by atoms with Crippen molar-refractivity contribution >= 4 is 29.0 Å². The molecule has 32 heavy (non-hydrogen) atoms. The Morgan fingerprint density at radius 3 is 2.53 bits per heavy atom. The fourth-order valence-corrected chi connectivity index (χ4v) is 3.83. The summed E-state index contributed by atoms with van der Waals surface area (Å²) in [6, 6.07) is 17.7. The van der Waals surface area contributed by atoms with Crippen molar-refractivity contribution in [2.75, 3.05) is 11.1 Å². The molecule has 0 saturated carbocycles. The predicted molar refractivity (Wildman–Crippen MR) is 122 cm³/mol. The first kappa shape index (κ1) is 21.2. The summed E-state index contributed by atoms with van der Waals surface area (Å²) in [7, 11) is 0. The number of aromatic nitrogens is 4. The van der Waals surface area contributed by atoms with E-state index in [9.17, 15) is 14.9 Å². The van der Waals surface area contributed by atoms with Crippen LogP contribution in [-0.2, 0) is 4.79 Å². The van der Waals surface area contributed by atoms with Gasteiger partial charge in [0, 0.05) is 41.5 Å². The maximum absolute atomic E-state index is 12.5. The third-order valence-corrected chi connectivity index (χ3v) is 5.54. The molecular weight excluding hydrogens is 428 g/mol. The zero-order valence-corrected chi connectivity index (χ0v) is 17.8. The summed E-state index contributed by atoms with van der Waals surface area (Å²) in [4.78, 5) is 27.0. The SMILES string of the molecule is Cc1cc([N+](=O)[O-])ccc1NC(=O)CSc1nnc(-c2ccncc2)n1-c1ccccc1.